The van der Waals surface area contributed by atoms with Gasteiger partial charge in [0.2, 0.25) is 0 Å². The number of carbonyl (C=O) groups excluding carboxylic acids is 4. The number of unbranched alkanes of at least 4 members (excludes halogenated alkanes) is 5. The van der Waals surface area contributed by atoms with E-state index in [1.54, 1.807) is 20.8 Å². The SMILES string of the molecule is CC/C=C\C/C=C\C/C=C\CCCCCCCC(=O)OC(C)(C)C[C@@H]1O[C@H](COC(C)=O)[C@H](C)[C@H](OC(C)=O)[C@H]1OC(C)=O. The molecule has 250 valence electrons. The molecular formula is C35H56O9. The van der Waals surface area contributed by atoms with E-state index in [2.05, 4.69) is 43.4 Å². The Kier molecular flexibility index (Phi) is 19.3. The number of hydrogen-bond acceptors (Lipinski definition) is 9. The minimum Gasteiger partial charge on any atom is -0.463 e. The second kappa shape index (κ2) is 21.7. The Morgan fingerprint density at radius 3 is 1.91 bits per heavy atom. The van der Waals surface area contributed by atoms with Crippen LogP contribution in [0, 0.1) is 5.92 Å². The second-order valence-electron chi connectivity index (χ2n) is 12.1. The molecule has 1 rings (SSSR count). The molecule has 0 aromatic heterocycles. The van der Waals surface area contributed by atoms with Crippen LogP contribution in [0.4, 0.5) is 0 Å². The number of rotatable bonds is 20. The lowest BCUT2D eigenvalue weighted by atomic mass is 9.84. The maximum absolute atomic E-state index is 12.7. The van der Waals surface area contributed by atoms with Gasteiger partial charge < -0.3 is 23.7 Å². The number of hydrogen-bond donors (Lipinski definition) is 0. The van der Waals surface area contributed by atoms with Gasteiger partial charge in [-0.1, -0.05) is 69.6 Å². The molecular weight excluding hydrogens is 564 g/mol. The van der Waals surface area contributed by atoms with Gasteiger partial charge in [0.1, 0.15) is 24.4 Å². The molecule has 0 spiro atoms. The van der Waals surface area contributed by atoms with Gasteiger partial charge in [-0.3, -0.25) is 19.2 Å². The van der Waals surface area contributed by atoms with Crippen molar-refractivity contribution in [3.8, 4) is 0 Å². The Morgan fingerprint density at radius 2 is 1.30 bits per heavy atom. The summed E-state index contributed by atoms with van der Waals surface area (Å²) in [5.41, 5.74) is -0.957. The highest BCUT2D eigenvalue weighted by molar-refractivity contribution is 5.70. The molecule has 9 heteroatoms. The van der Waals surface area contributed by atoms with Crippen molar-refractivity contribution in [3.05, 3.63) is 36.5 Å². The Balaban J connectivity index is 2.55. The van der Waals surface area contributed by atoms with Crippen LogP contribution in [0.5, 0.6) is 0 Å². The zero-order valence-electron chi connectivity index (χ0n) is 28.0. The van der Waals surface area contributed by atoms with E-state index in [4.69, 9.17) is 23.7 Å². The maximum atomic E-state index is 12.7. The van der Waals surface area contributed by atoms with Gasteiger partial charge in [-0.25, -0.2) is 0 Å². The van der Waals surface area contributed by atoms with Gasteiger partial charge in [-0.2, -0.15) is 0 Å². The van der Waals surface area contributed by atoms with Crippen molar-refractivity contribution in [1.82, 2.24) is 0 Å². The summed E-state index contributed by atoms with van der Waals surface area (Å²) >= 11 is 0. The Bertz CT molecular complexity index is 965. The van der Waals surface area contributed by atoms with Gasteiger partial charge in [0.25, 0.3) is 0 Å². The van der Waals surface area contributed by atoms with E-state index in [9.17, 15) is 19.2 Å². The zero-order chi connectivity index (χ0) is 33.0. The summed E-state index contributed by atoms with van der Waals surface area (Å²) in [4.78, 5) is 48.0. The monoisotopic (exact) mass is 620 g/mol. The molecule has 0 bridgehead atoms. The van der Waals surface area contributed by atoms with Crippen LogP contribution in [0.25, 0.3) is 0 Å². The van der Waals surface area contributed by atoms with Crippen LogP contribution in [-0.4, -0.2) is 60.5 Å². The third-order valence-corrected chi connectivity index (χ3v) is 7.31. The van der Waals surface area contributed by atoms with E-state index in [0.29, 0.717) is 6.42 Å². The largest absolute Gasteiger partial charge is 0.463 e. The predicted molar refractivity (Wildman–Crippen MR) is 170 cm³/mol. The summed E-state index contributed by atoms with van der Waals surface area (Å²) in [6.45, 7) is 11.2. The van der Waals surface area contributed by atoms with Crippen molar-refractivity contribution >= 4 is 23.9 Å². The first-order valence-corrected chi connectivity index (χ1v) is 16.2. The topological polar surface area (TPSA) is 114 Å². The lowest BCUT2D eigenvalue weighted by molar-refractivity contribution is -0.238. The predicted octanol–water partition coefficient (Wildman–Crippen LogP) is 7.12. The van der Waals surface area contributed by atoms with Crippen LogP contribution in [0.3, 0.4) is 0 Å². The lowest BCUT2D eigenvalue weighted by Crippen LogP contribution is -2.59. The van der Waals surface area contributed by atoms with Crippen molar-refractivity contribution in [2.24, 2.45) is 5.92 Å². The highest BCUT2D eigenvalue weighted by Crippen LogP contribution is 2.35. The molecule has 1 heterocycles. The Labute approximate surface area is 264 Å². The fourth-order valence-corrected chi connectivity index (χ4v) is 5.18. The van der Waals surface area contributed by atoms with Crippen LogP contribution < -0.4 is 0 Å². The van der Waals surface area contributed by atoms with Crippen molar-refractivity contribution in [1.29, 1.82) is 0 Å². The standard InChI is InChI=1S/C35H56O9/c1-8-9-10-11-12-13-14-15-16-17-18-19-20-21-22-23-32(39)44-35(6,7)24-30-34(42-29(5)38)33(41-28(4)37)26(2)31(43-30)25-40-27(3)36/h9-10,12-13,15-16,26,30-31,33-34H,8,11,14,17-25H2,1-7H3/b10-9-,13-12-,16-15-/t26-,30-,31+,33-,34-/m0/s1. The first kappa shape index (κ1) is 39.1. The molecule has 1 fully saturated rings. The quantitative estimate of drug-likeness (QED) is 0.0607. The van der Waals surface area contributed by atoms with E-state index < -0.39 is 53.8 Å². The number of ether oxygens (including phenoxy) is 5. The van der Waals surface area contributed by atoms with Gasteiger partial charge in [0.15, 0.2) is 6.10 Å². The third-order valence-electron chi connectivity index (χ3n) is 7.31. The van der Waals surface area contributed by atoms with E-state index in [1.807, 2.05) is 0 Å². The number of carbonyl (C=O) groups is 4. The van der Waals surface area contributed by atoms with Gasteiger partial charge in [0, 0.05) is 39.5 Å². The summed E-state index contributed by atoms with van der Waals surface area (Å²) in [6, 6.07) is 0. The molecule has 44 heavy (non-hydrogen) atoms. The fraction of sp³-hybridized carbons (Fsp3) is 0.714. The van der Waals surface area contributed by atoms with Crippen molar-refractivity contribution in [3.63, 3.8) is 0 Å². The highest BCUT2D eigenvalue weighted by atomic mass is 16.6. The molecule has 0 aliphatic carbocycles. The Morgan fingerprint density at radius 1 is 0.727 bits per heavy atom. The Hall–Kier alpha value is -2.94. The average Bonchev–Trinajstić information content (AvgIpc) is 2.92. The van der Waals surface area contributed by atoms with Gasteiger partial charge >= 0.3 is 23.9 Å². The first-order valence-electron chi connectivity index (χ1n) is 16.2. The second-order valence-corrected chi connectivity index (χ2v) is 12.1. The van der Waals surface area contributed by atoms with Gasteiger partial charge in [-0.15, -0.1) is 0 Å². The normalized spacial score (nSPS) is 22.4. The zero-order valence-corrected chi connectivity index (χ0v) is 28.0. The third kappa shape index (κ3) is 17.4. The molecule has 9 nitrogen and oxygen atoms in total. The van der Waals surface area contributed by atoms with Crippen LogP contribution in [0.1, 0.15) is 119 Å². The highest BCUT2D eigenvalue weighted by Gasteiger charge is 2.49. The molecule has 0 amide bonds. The maximum Gasteiger partial charge on any atom is 0.306 e. The van der Waals surface area contributed by atoms with Crippen molar-refractivity contribution in [2.45, 2.75) is 149 Å². The smallest absolute Gasteiger partial charge is 0.306 e. The summed E-state index contributed by atoms with van der Waals surface area (Å²) < 4.78 is 28.4. The molecule has 5 atom stereocenters. The van der Waals surface area contributed by atoms with E-state index in [1.165, 1.54) is 20.8 Å². The fourth-order valence-electron chi connectivity index (χ4n) is 5.18. The van der Waals surface area contributed by atoms with E-state index >= 15 is 0 Å². The van der Waals surface area contributed by atoms with Crippen LogP contribution in [-0.2, 0) is 42.9 Å². The van der Waals surface area contributed by atoms with E-state index in [-0.39, 0.29) is 19.0 Å². The molecule has 0 aromatic rings. The molecule has 1 aliphatic rings. The first-order chi connectivity index (χ1) is 20.9. The number of esters is 4. The number of allylic oxidation sites excluding steroid dienone is 6. The molecule has 1 saturated heterocycles. The molecule has 0 aromatic carbocycles. The summed E-state index contributed by atoms with van der Waals surface area (Å²) in [7, 11) is 0. The summed E-state index contributed by atoms with van der Waals surface area (Å²) in [5, 5.41) is 0. The van der Waals surface area contributed by atoms with Crippen LogP contribution in [0.2, 0.25) is 0 Å². The minimum absolute atomic E-state index is 0.0530. The van der Waals surface area contributed by atoms with Crippen LogP contribution >= 0.6 is 0 Å². The molecule has 0 radical (unpaired) electrons. The van der Waals surface area contributed by atoms with Crippen molar-refractivity contribution < 1.29 is 42.9 Å². The lowest BCUT2D eigenvalue weighted by Gasteiger charge is -2.45. The van der Waals surface area contributed by atoms with Crippen molar-refractivity contribution in [2.75, 3.05) is 6.61 Å². The van der Waals surface area contributed by atoms with Gasteiger partial charge in [0.05, 0.1) is 6.10 Å². The van der Waals surface area contributed by atoms with E-state index in [0.717, 1.165) is 57.8 Å². The van der Waals surface area contributed by atoms with Gasteiger partial charge in [-0.05, 0) is 52.4 Å². The molecule has 0 saturated carbocycles. The average molecular weight is 621 g/mol. The minimum atomic E-state index is -0.957. The van der Waals surface area contributed by atoms with Crippen LogP contribution in [0.15, 0.2) is 36.5 Å². The molecule has 0 unspecified atom stereocenters. The molecule has 0 N–H and O–H groups in total. The molecule has 1 aliphatic heterocycles. The summed E-state index contributed by atoms with van der Waals surface area (Å²) in [6.07, 6.45) is 19.7. The summed E-state index contributed by atoms with van der Waals surface area (Å²) in [5.74, 6) is -2.30.